The summed E-state index contributed by atoms with van der Waals surface area (Å²) in [5.41, 5.74) is 5.85. The molecule has 0 amide bonds. The highest BCUT2D eigenvalue weighted by Crippen LogP contribution is 2.30. The number of hydrogen-bond donors (Lipinski definition) is 2. The molecule has 2 rings (SSSR count). The van der Waals surface area contributed by atoms with E-state index in [-0.39, 0.29) is 11.1 Å². The Labute approximate surface area is 114 Å². The first-order valence-electron chi connectivity index (χ1n) is 6.19. The predicted octanol–water partition coefficient (Wildman–Crippen LogP) is 0.616. The Morgan fingerprint density at radius 3 is 2.85 bits per heavy atom. The van der Waals surface area contributed by atoms with Gasteiger partial charge < -0.3 is 15.6 Å². The van der Waals surface area contributed by atoms with E-state index in [0.29, 0.717) is 30.8 Å². The van der Waals surface area contributed by atoms with Crippen LogP contribution < -0.4 is 16.2 Å². The molecule has 1 aromatic carbocycles. The second kappa shape index (κ2) is 5.66. The van der Waals surface area contributed by atoms with E-state index >= 15 is 0 Å². The van der Waals surface area contributed by atoms with Crippen molar-refractivity contribution in [3.8, 4) is 0 Å². The van der Waals surface area contributed by atoms with Crippen LogP contribution in [-0.4, -0.2) is 34.5 Å². The lowest BCUT2D eigenvalue weighted by Crippen LogP contribution is -2.29. The van der Waals surface area contributed by atoms with Crippen LogP contribution in [0.5, 0.6) is 0 Å². The van der Waals surface area contributed by atoms with Crippen LogP contribution in [0.15, 0.2) is 23.3 Å². The van der Waals surface area contributed by atoms with Crippen molar-refractivity contribution in [2.75, 3.05) is 24.5 Å². The summed E-state index contributed by atoms with van der Waals surface area (Å²) < 4.78 is 0. The lowest BCUT2D eigenvalue weighted by Gasteiger charge is -2.22. The first kappa shape index (κ1) is 13.9. The van der Waals surface area contributed by atoms with E-state index in [0.717, 1.165) is 0 Å². The molecule has 0 unspecified atom stereocenters. The van der Waals surface area contributed by atoms with Crippen LogP contribution in [0.1, 0.15) is 6.92 Å². The molecule has 2 aromatic rings. The zero-order valence-electron chi connectivity index (χ0n) is 11.0. The molecule has 0 saturated carbocycles. The number of rotatable bonds is 5. The van der Waals surface area contributed by atoms with Gasteiger partial charge in [0.1, 0.15) is 5.69 Å². The maximum Gasteiger partial charge on any atom is 0.293 e. The van der Waals surface area contributed by atoms with Gasteiger partial charge in [0.2, 0.25) is 0 Å². The van der Waals surface area contributed by atoms with Crippen molar-refractivity contribution < 1.29 is 4.92 Å². The number of nitrogens with two attached hydrogens (primary N) is 1. The number of nitro benzene ring substituents is 1. The van der Waals surface area contributed by atoms with Crippen molar-refractivity contribution in [2.24, 2.45) is 5.73 Å². The third-order valence-corrected chi connectivity index (χ3v) is 3.05. The van der Waals surface area contributed by atoms with E-state index in [2.05, 4.69) is 9.97 Å². The number of fused-ring (bicyclic) bond motifs is 1. The number of aromatic nitrogens is 2. The summed E-state index contributed by atoms with van der Waals surface area (Å²) in [4.78, 5) is 30.6. The molecule has 0 saturated heterocycles. The number of nitrogens with one attached hydrogen (secondary N) is 1. The molecule has 0 spiro atoms. The molecule has 20 heavy (non-hydrogen) atoms. The molecule has 0 radical (unpaired) electrons. The van der Waals surface area contributed by atoms with E-state index in [1.807, 2.05) is 6.92 Å². The van der Waals surface area contributed by atoms with Gasteiger partial charge in [-0.1, -0.05) is 0 Å². The van der Waals surface area contributed by atoms with Gasteiger partial charge in [0.15, 0.2) is 0 Å². The Morgan fingerprint density at radius 1 is 1.50 bits per heavy atom. The largest absolute Gasteiger partial charge is 0.365 e. The molecule has 0 fully saturated rings. The third-order valence-electron chi connectivity index (χ3n) is 3.05. The lowest BCUT2D eigenvalue weighted by molar-refractivity contribution is -0.384. The standard InChI is InChI=1S/C12H15N5O3/c1-2-16(4-3-13)10-6-9-8(5-11(10)17(19)20)12(18)15-7-14-9/h5-7H,2-4,13H2,1H3,(H,14,15,18). The summed E-state index contributed by atoms with van der Waals surface area (Å²) >= 11 is 0. The highest BCUT2D eigenvalue weighted by Gasteiger charge is 2.20. The zero-order valence-corrected chi connectivity index (χ0v) is 11.0. The van der Waals surface area contributed by atoms with E-state index < -0.39 is 10.5 Å². The minimum absolute atomic E-state index is 0.119. The second-order valence-corrected chi connectivity index (χ2v) is 4.22. The molecule has 106 valence electrons. The summed E-state index contributed by atoms with van der Waals surface area (Å²) in [6.45, 7) is 3.33. The van der Waals surface area contributed by atoms with Gasteiger partial charge in [0.05, 0.1) is 22.2 Å². The highest BCUT2D eigenvalue weighted by molar-refractivity contribution is 5.86. The number of hydrogen-bond acceptors (Lipinski definition) is 6. The molecule has 0 aliphatic rings. The van der Waals surface area contributed by atoms with Gasteiger partial charge in [0.25, 0.3) is 11.2 Å². The second-order valence-electron chi connectivity index (χ2n) is 4.22. The number of H-pyrrole nitrogens is 1. The van der Waals surface area contributed by atoms with Crippen molar-refractivity contribution >= 4 is 22.3 Å². The third kappa shape index (κ3) is 2.45. The minimum atomic E-state index is -0.500. The number of likely N-dealkylation sites (N-methyl/N-ethyl adjacent to an activating group) is 1. The maximum atomic E-state index is 11.7. The summed E-state index contributed by atoms with van der Waals surface area (Å²) in [6, 6.07) is 2.82. The molecule has 0 bridgehead atoms. The summed E-state index contributed by atoms with van der Waals surface area (Å²) in [7, 11) is 0. The van der Waals surface area contributed by atoms with Crippen LogP contribution in [0.25, 0.3) is 10.9 Å². The van der Waals surface area contributed by atoms with Gasteiger partial charge in [-0.05, 0) is 13.0 Å². The Balaban J connectivity index is 2.71. The molecule has 1 heterocycles. The Bertz CT molecular complexity index is 697. The smallest absolute Gasteiger partial charge is 0.293 e. The predicted molar refractivity (Wildman–Crippen MR) is 76.0 cm³/mol. The van der Waals surface area contributed by atoms with Crippen molar-refractivity contribution in [1.82, 2.24) is 9.97 Å². The van der Waals surface area contributed by atoms with E-state index in [4.69, 9.17) is 5.73 Å². The normalized spacial score (nSPS) is 10.7. The fourth-order valence-corrected chi connectivity index (χ4v) is 2.10. The minimum Gasteiger partial charge on any atom is -0.365 e. The molecular weight excluding hydrogens is 262 g/mol. The van der Waals surface area contributed by atoms with Crippen LogP contribution in [0.2, 0.25) is 0 Å². The Hall–Kier alpha value is -2.48. The van der Waals surface area contributed by atoms with Gasteiger partial charge >= 0.3 is 0 Å². The molecule has 0 atom stereocenters. The van der Waals surface area contributed by atoms with Crippen LogP contribution in [0.4, 0.5) is 11.4 Å². The first-order chi connectivity index (χ1) is 9.58. The first-order valence-corrected chi connectivity index (χ1v) is 6.19. The van der Waals surface area contributed by atoms with Crippen molar-refractivity contribution in [2.45, 2.75) is 6.92 Å². The summed E-state index contributed by atoms with van der Waals surface area (Å²) in [5, 5.41) is 11.4. The zero-order chi connectivity index (χ0) is 14.7. The van der Waals surface area contributed by atoms with Crippen molar-refractivity contribution in [3.63, 3.8) is 0 Å². The van der Waals surface area contributed by atoms with Gasteiger partial charge in [-0.3, -0.25) is 14.9 Å². The number of anilines is 1. The summed E-state index contributed by atoms with van der Waals surface area (Å²) in [5.74, 6) is 0. The van der Waals surface area contributed by atoms with E-state index in [1.165, 1.54) is 12.4 Å². The fraction of sp³-hybridized carbons (Fsp3) is 0.333. The quantitative estimate of drug-likeness (QED) is 0.610. The summed E-state index contributed by atoms with van der Waals surface area (Å²) in [6.07, 6.45) is 1.28. The van der Waals surface area contributed by atoms with Crippen LogP contribution in [-0.2, 0) is 0 Å². The molecule has 0 aliphatic carbocycles. The van der Waals surface area contributed by atoms with Crippen LogP contribution in [0, 0.1) is 10.1 Å². The molecule has 1 aromatic heterocycles. The number of nitro groups is 1. The van der Waals surface area contributed by atoms with Gasteiger partial charge in [-0.15, -0.1) is 0 Å². The fourth-order valence-electron chi connectivity index (χ4n) is 2.10. The average molecular weight is 277 g/mol. The van der Waals surface area contributed by atoms with E-state index in [1.54, 1.807) is 11.0 Å². The Morgan fingerprint density at radius 2 is 2.25 bits per heavy atom. The molecule has 8 nitrogen and oxygen atoms in total. The Kier molecular flexibility index (Phi) is 3.94. The van der Waals surface area contributed by atoms with Crippen molar-refractivity contribution in [3.05, 3.63) is 38.9 Å². The maximum absolute atomic E-state index is 11.7. The average Bonchev–Trinajstić information content (AvgIpc) is 2.44. The molecule has 3 N–H and O–H groups in total. The monoisotopic (exact) mass is 277 g/mol. The number of aromatic amines is 1. The molecular formula is C12H15N5O3. The number of benzene rings is 1. The highest BCUT2D eigenvalue weighted by atomic mass is 16.6. The van der Waals surface area contributed by atoms with Gasteiger partial charge in [0, 0.05) is 25.7 Å². The van der Waals surface area contributed by atoms with Crippen molar-refractivity contribution in [1.29, 1.82) is 0 Å². The van der Waals surface area contributed by atoms with Crippen LogP contribution >= 0.6 is 0 Å². The van der Waals surface area contributed by atoms with Crippen LogP contribution in [0.3, 0.4) is 0 Å². The van der Waals surface area contributed by atoms with Gasteiger partial charge in [-0.2, -0.15) is 0 Å². The van der Waals surface area contributed by atoms with Gasteiger partial charge in [-0.25, -0.2) is 4.98 Å². The lowest BCUT2D eigenvalue weighted by atomic mass is 10.1. The van der Waals surface area contributed by atoms with E-state index in [9.17, 15) is 14.9 Å². The SMILES string of the molecule is CCN(CCN)c1cc2nc[nH]c(=O)c2cc1[N+](=O)[O-]. The molecule has 8 heteroatoms. The number of nitrogens with zero attached hydrogens (tertiary/aromatic N) is 3. The molecule has 0 aliphatic heterocycles. The topological polar surface area (TPSA) is 118 Å².